The van der Waals surface area contributed by atoms with E-state index in [1.165, 1.54) is 0 Å². The van der Waals surface area contributed by atoms with Gasteiger partial charge >= 0.3 is 0 Å². The van der Waals surface area contributed by atoms with Gasteiger partial charge in [-0.25, -0.2) is 0 Å². The molecule has 90 valence electrons. The van der Waals surface area contributed by atoms with Crippen molar-refractivity contribution in [2.24, 2.45) is 0 Å². The second kappa shape index (κ2) is 6.51. The number of nitrogens with one attached hydrogen (secondary N) is 1. The van der Waals surface area contributed by atoms with Crippen LogP contribution in [-0.2, 0) is 11.3 Å². The molecular weight excluding hydrogens is 202 g/mol. The highest BCUT2D eigenvalue weighted by Crippen LogP contribution is 2.20. The normalized spacial score (nSPS) is 12.7. The Bertz CT molecular complexity index is 326. The standard InChI is InChI=1S/C13H21NO2/c1-4-16-9-11(3)14-8-12-7-5-6-10(2)13(12)15/h5-7,11,14-15H,4,8-9H2,1-3H3. The number of rotatable bonds is 6. The second-order valence-electron chi connectivity index (χ2n) is 4.02. The van der Waals surface area contributed by atoms with Crippen molar-refractivity contribution in [3.05, 3.63) is 29.3 Å². The van der Waals surface area contributed by atoms with E-state index in [-0.39, 0.29) is 0 Å². The summed E-state index contributed by atoms with van der Waals surface area (Å²) in [6.45, 7) is 8.07. The minimum absolute atomic E-state index is 0.292. The van der Waals surface area contributed by atoms with Gasteiger partial charge in [0.05, 0.1) is 6.61 Å². The Morgan fingerprint density at radius 1 is 1.44 bits per heavy atom. The fourth-order valence-corrected chi connectivity index (χ4v) is 1.50. The molecule has 0 radical (unpaired) electrons. The maximum atomic E-state index is 9.82. The van der Waals surface area contributed by atoms with E-state index < -0.39 is 0 Å². The summed E-state index contributed by atoms with van der Waals surface area (Å²) in [6.07, 6.45) is 0. The van der Waals surface area contributed by atoms with Crippen molar-refractivity contribution in [3.63, 3.8) is 0 Å². The third-order valence-electron chi connectivity index (χ3n) is 2.53. The van der Waals surface area contributed by atoms with Gasteiger partial charge in [0, 0.05) is 24.8 Å². The van der Waals surface area contributed by atoms with Gasteiger partial charge in [-0.15, -0.1) is 0 Å². The van der Waals surface area contributed by atoms with Crippen molar-refractivity contribution in [1.29, 1.82) is 0 Å². The second-order valence-corrected chi connectivity index (χ2v) is 4.02. The third-order valence-corrected chi connectivity index (χ3v) is 2.53. The molecule has 0 aliphatic carbocycles. The summed E-state index contributed by atoms with van der Waals surface area (Å²) < 4.78 is 5.31. The Kier molecular flexibility index (Phi) is 5.29. The summed E-state index contributed by atoms with van der Waals surface area (Å²) in [4.78, 5) is 0. The molecule has 0 aliphatic heterocycles. The molecule has 16 heavy (non-hydrogen) atoms. The Hall–Kier alpha value is -1.06. The number of aryl methyl sites for hydroxylation is 1. The quantitative estimate of drug-likeness (QED) is 0.777. The summed E-state index contributed by atoms with van der Waals surface area (Å²) in [5.74, 6) is 0.388. The van der Waals surface area contributed by atoms with E-state index in [1.54, 1.807) is 0 Å². The number of phenolic OH excluding ortho intramolecular Hbond substituents is 1. The molecule has 1 atom stereocenters. The van der Waals surface area contributed by atoms with Crippen LogP contribution in [0.5, 0.6) is 5.75 Å². The van der Waals surface area contributed by atoms with Gasteiger partial charge < -0.3 is 15.2 Å². The molecule has 0 aromatic heterocycles. The molecule has 3 nitrogen and oxygen atoms in total. The van der Waals surface area contributed by atoms with Crippen molar-refractivity contribution in [3.8, 4) is 5.75 Å². The lowest BCUT2D eigenvalue weighted by molar-refractivity contribution is 0.127. The fraction of sp³-hybridized carbons (Fsp3) is 0.538. The number of hydrogen-bond donors (Lipinski definition) is 2. The maximum Gasteiger partial charge on any atom is 0.122 e. The van der Waals surface area contributed by atoms with Gasteiger partial charge in [-0.2, -0.15) is 0 Å². The van der Waals surface area contributed by atoms with E-state index in [9.17, 15) is 5.11 Å². The summed E-state index contributed by atoms with van der Waals surface area (Å²) in [5.41, 5.74) is 1.85. The minimum Gasteiger partial charge on any atom is -0.507 e. The highest BCUT2D eigenvalue weighted by atomic mass is 16.5. The van der Waals surface area contributed by atoms with Gasteiger partial charge in [-0.05, 0) is 26.3 Å². The average Bonchev–Trinajstić information content (AvgIpc) is 2.28. The molecule has 0 bridgehead atoms. The largest absolute Gasteiger partial charge is 0.507 e. The number of aromatic hydroxyl groups is 1. The first kappa shape index (κ1) is 13.0. The lowest BCUT2D eigenvalue weighted by atomic mass is 10.1. The number of ether oxygens (including phenoxy) is 1. The van der Waals surface area contributed by atoms with Gasteiger partial charge in [0.25, 0.3) is 0 Å². The molecule has 1 unspecified atom stereocenters. The van der Waals surface area contributed by atoms with E-state index >= 15 is 0 Å². The zero-order valence-corrected chi connectivity index (χ0v) is 10.3. The topological polar surface area (TPSA) is 41.5 Å². The molecule has 0 amide bonds. The van der Waals surface area contributed by atoms with Gasteiger partial charge in [0.15, 0.2) is 0 Å². The molecule has 1 aromatic rings. The first-order valence-corrected chi connectivity index (χ1v) is 5.73. The lowest BCUT2D eigenvalue weighted by Crippen LogP contribution is -2.30. The highest BCUT2D eigenvalue weighted by Gasteiger charge is 2.05. The summed E-state index contributed by atoms with van der Waals surface area (Å²) in [6, 6.07) is 6.09. The van der Waals surface area contributed by atoms with Crippen LogP contribution in [0.3, 0.4) is 0 Å². The van der Waals surface area contributed by atoms with E-state index in [0.29, 0.717) is 24.9 Å². The first-order chi connectivity index (χ1) is 7.65. The molecule has 3 heteroatoms. The van der Waals surface area contributed by atoms with Crippen LogP contribution < -0.4 is 5.32 Å². The van der Waals surface area contributed by atoms with E-state index in [1.807, 2.05) is 32.0 Å². The Balaban J connectivity index is 2.45. The van der Waals surface area contributed by atoms with Crippen molar-refractivity contribution < 1.29 is 9.84 Å². The van der Waals surface area contributed by atoms with Crippen molar-refractivity contribution in [2.45, 2.75) is 33.4 Å². The SMILES string of the molecule is CCOCC(C)NCc1cccc(C)c1O. The van der Waals surface area contributed by atoms with Crippen molar-refractivity contribution in [2.75, 3.05) is 13.2 Å². The zero-order chi connectivity index (χ0) is 12.0. The van der Waals surface area contributed by atoms with Crippen LogP contribution in [-0.4, -0.2) is 24.4 Å². The number of hydrogen-bond acceptors (Lipinski definition) is 3. The van der Waals surface area contributed by atoms with Gasteiger partial charge in [0.1, 0.15) is 5.75 Å². The summed E-state index contributed by atoms with van der Waals surface area (Å²) in [7, 11) is 0. The van der Waals surface area contributed by atoms with Crippen molar-refractivity contribution in [1.82, 2.24) is 5.32 Å². The van der Waals surface area contributed by atoms with Crippen LogP contribution in [0.2, 0.25) is 0 Å². The minimum atomic E-state index is 0.292. The number of phenols is 1. The molecule has 1 aromatic carbocycles. The van der Waals surface area contributed by atoms with E-state index in [4.69, 9.17) is 4.74 Å². The van der Waals surface area contributed by atoms with Gasteiger partial charge in [-0.1, -0.05) is 18.2 Å². The van der Waals surface area contributed by atoms with Crippen LogP contribution in [0, 0.1) is 6.92 Å². The maximum absolute atomic E-state index is 9.82. The summed E-state index contributed by atoms with van der Waals surface area (Å²) >= 11 is 0. The Morgan fingerprint density at radius 2 is 2.19 bits per heavy atom. The Labute approximate surface area is 97.4 Å². The van der Waals surface area contributed by atoms with Gasteiger partial charge in [-0.3, -0.25) is 0 Å². The predicted molar refractivity (Wildman–Crippen MR) is 65.6 cm³/mol. The molecule has 2 N–H and O–H groups in total. The Morgan fingerprint density at radius 3 is 2.88 bits per heavy atom. The zero-order valence-electron chi connectivity index (χ0n) is 10.3. The average molecular weight is 223 g/mol. The highest BCUT2D eigenvalue weighted by molar-refractivity contribution is 5.39. The predicted octanol–water partition coefficient (Wildman–Crippen LogP) is 2.22. The van der Waals surface area contributed by atoms with E-state index in [2.05, 4.69) is 12.2 Å². The first-order valence-electron chi connectivity index (χ1n) is 5.73. The monoisotopic (exact) mass is 223 g/mol. The van der Waals surface area contributed by atoms with Crippen LogP contribution >= 0.6 is 0 Å². The molecular formula is C13H21NO2. The smallest absolute Gasteiger partial charge is 0.122 e. The molecule has 0 spiro atoms. The van der Waals surface area contributed by atoms with Crippen LogP contribution in [0.15, 0.2) is 18.2 Å². The molecule has 0 saturated carbocycles. The molecule has 1 rings (SSSR count). The van der Waals surface area contributed by atoms with Gasteiger partial charge in [0.2, 0.25) is 0 Å². The number of para-hydroxylation sites is 1. The number of benzene rings is 1. The molecule has 0 saturated heterocycles. The fourth-order valence-electron chi connectivity index (χ4n) is 1.50. The molecule has 0 fully saturated rings. The summed E-state index contributed by atoms with van der Waals surface area (Å²) in [5, 5.41) is 13.1. The van der Waals surface area contributed by atoms with Crippen LogP contribution in [0.1, 0.15) is 25.0 Å². The van der Waals surface area contributed by atoms with Crippen LogP contribution in [0.4, 0.5) is 0 Å². The lowest BCUT2D eigenvalue weighted by Gasteiger charge is -2.14. The van der Waals surface area contributed by atoms with Crippen LogP contribution in [0.25, 0.3) is 0 Å². The van der Waals surface area contributed by atoms with E-state index in [0.717, 1.165) is 17.7 Å². The van der Waals surface area contributed by atoms with Crippen molar-refractivity contribution >= 4 is 0 Å². The molecule has 0 aliphatic rings. The third kappa shape index (κ3) is 3.83. The molecule has 0 heterocycles.